The van der Waals surface area contributed by atoms with Gasteiger partial charge in [0.15, 0.2) is 0 Å². The smallest absolute Gasteiger partial charge is 0.225 e. The first kappa shape index (κ1) is 13.2. The molecular weight excluding hydrogens is 250 g/mol. The second kappa shape index (κ2) is 4.93. The van der Waals surface area contributed by atoms with Crippen molar-refractivity contribution in [2.24, 2.45) is 5.92 Å². The number of aromatic nitrogens is 2. The maximum Gasteiger partial charge on any atom is 0.225 e. The van der Waals surface area contributed by atoms with Gasteiger partial charge in [0.2, 0.25) is 5.91 Å². The van der Waals surface area contributed by atoms with Crippen molar-refractivity contribution < 1.29 is 4.79 Å². The minimum absolute atomic E-state index is 0.0549. The Labute approximate surface area is 119 Å². The Morgan fingerprint density at radius 3 is 2.95 bits per heavy atom. The number of nitrogens with zero attached hydrogens (tertiary/aromatic N) is 3. The molecule has 0 aromatic carbocycles. The Kier molecular flexibility index (Phi) is 3.24. The fourth-order valence-electron chi connectivity index (χ4n) is 3.10. The lowest BCUT2D eigenvalue weighted by atomic mass is 10.1. The predicted octanol–water partition coefficient (Wildman–Crippen LogP) is 2.96. The molecule has 0 saturated carbocycles. The van der Waals surface area contributed by atoms with E-state index in [0.29, 0.717) is 0 Å². The van der Waals surface area contributed by atoms with Crippen LogP contribution in [0.3, 0.4) is 0 Å². The van der Waals surface area contributed by atoms with Crippen LogP contribution in [-0.4, -0.2) is 26.7 Å². The summed E-state index contributed by atoms with van der Waals surface area (Å²) in [4.78, 5) is 18.9. The number of imidazole rings is 1. The Balaban J connectivity index is 2.03. The summed E-state index contributed by atoms with van der Waals surface area (Å²) in [6.45, 7) is 6.81. The number of hydrogen-bond donors (Lipinski definition) is 0. The SMILES string of the molecule is Cc1cn2c([C@H]3CCCN3C(=O)C(C)C)cccc2n1. The number of amides is 1. The van der Waals surface area contributed by atoms with Gasteiger partial charge >= 0.3 is 0 Å². The summed E-state index contributed by atoms with van der Waals surface area (Å²) in [6, 6.07) is 6.35. The minimum Gasteiger partial charge on any atom is -0.334 e. The highest BCUT2D eigenvalue weighted by Crippen LogP contribution is 2.33. The molecule has 1 saturated heterocycles. The van der Waals surface area contributed by atoms with Crippen LogP contribution in [0.1, 0.15) is 44.1 Å². The van der Waals surface area contributed by atoms with Crippen molar-refractivity contribution in [3.05, 3.63) is 35.8 Å². The number of hydrogen-bond acceptors (Lipinski definition) is 2. The first-order valence-electron chi connectivity index (χ1n) is 7.33. The molecule has 0 N–H and O–H groups in total. The van der Waals surface area contributed by atoms with E-state index in [1.807, 2.05) is 37.8 Å². The van der Waals surface area contributed by atoms with Gasteiger partial charge in [-0.3, -0.25) is 4.79 Å². The zero-order chi connectivity index (χ0) is 14.3. The summed E-state index contributed by atoms with van der Waals surface area (Å²) in [5, 5.41) is 0. The number of aryl methyl sites for hydroxylation is 1. The van der Waals surface area contributed by atoms with Gasteiger partial charge in [-0.25, -0.2) is 4.98 Å². The highest BCUT2D eigenvalue weighted by atomic mass is 16.2. The third-order valence-electron chi connectivity index (χ3n) is 4.02. The lowest BCUT2D eigenvalue weighted by Crippen LogP contribution is -2.34. The minimum atomic E-state index is 0.0549. The summed E-state index contributed by atoms with van der Waals surface area (Å²) in [7, 11) is 0. The van der Waals surface area contributed by atoms with E-state index in [4.69, 9.17) is 0 Å². The van der Waals surface area contributed by atoms with Crippen LogP contribution in [0, 0.1) is 12.8 Å². The van der Waals surface area contributed by atoms with Gasteiger partial charge in [-0.05, 0) is 31.9 Å². The zero-order valence-corrected chi connectivity index (χ0v) is 12.3. The second-order valence-corrected chi connectivity index (χ2v) is 5.91. The summed E-state index contributed by atoms with van der Waals surface area (Å²) >= 11 is 0. The van der Waals surface area contributed by atoms with Crippen molar-refractivity contribution in [3.63, 3.8) is 0 Å². The molecule has 2 aromatic heterocycles. The summed E-state index contributed by atoms with van der Waals surface area (Å²) in [5.41, 5.74) is 3.15. The van der Waals surface area contributed by atoms with Gasteiger partial charge in [0.25, 0.3) is 0 Å². The highest BCUT2D eigenvalue weighted by Gasteiger charge is 2.32. The molecule has 0 spiro atoms. The molecule has 0 unspecified atom stereocenters. The molecular formula is C16H21N3O. The van der Waals surface area contributed by atoms with Crippen molar-refractivity contribution in [1.29, 1.82) is 0 Å². The second-order valence-electron chi connectivity index (χ2n) is 5.91. The zero-order valence-electron chi connectivity index (χ0n) is 12.3. The van der Waals surface area contributed by atoms with Crippen LogP contribution in [0.4, 0.5) is 0 Å². The highest BCUT2D eigenvalue weighted by molar-refractivity contribution is 5.78. The van der Waals surface area contributed by atoms with Crippen molar-refractivity contribution in [2.75, 3.05) is 6.54 Å². The van der Waals surface area contributed by atoms with E-state index >= 15 is 0 Å². The third kappa shape index (κ3) is 2.09. The predicted molar refractivity (Wildman–Crippen MR) is 78.5 cm³/mol. The number of carbonyl (C=O) groups is 1. The Bertz CT molecular complexity index is 644. The van der Waals surface area contributed by atoms with Gasteiger partial charge < -0.3 is 9.30 Å². The van der Waals surface area contributed by atoms with E-state index in [-0.39, 0.29) is 17.9 Å². The summed E-state index contributed by atoms with van der Waals surface area (Å²) in [5.74, 6) is 0.306. The molecule has 1 aliphatic rings. The lowest BCUT2D eigenvalue weighted by molar-refractivity contribution is -0.135. The molecule has 0 bridgehead atoms. The van der Waals surface area contributed by atoms with Crippen LogP contribution in [0.5, 0.6) is 0 Å². The molecule has 2 aromatic rings. The maximum atomic E-state index is 12.4. The number of likely N-dealkylation sites (tertiary alicyclic amines) is 1. The van der Waals surface area contributed by atoms with Crippen molar-refractivity contribution >= 4 is 11.6 Å². The van der Waals surface area contributed by atoms with E-state index in [1.54, 1.807) is 0 Å². The fraction of sp³-hybridized carbons (Fsp3) is 0.500. The monoisotopic (exact) mass is 271 g/mol. The summed E-state index contributed by atoms with van der Waals surface area (Å²) < 4.78 is 2.13. The van der Waals surface area contributed by atoms with Crippen LogP contribution < -0.4 is 0 Å². The molecule has 106 valence electrons. The fourth-order valence-corrected chi connectivity index (χ4v) is 3.10. The number of carbonyl (C=O) groups excluding carboxylic acids is 1. The van der Waals surface area contributed by atoms with Gasteiger partial charge in [0.05, 0.1) is 11.7 Å². The summed E-state index contributed by atoms with van der Waals surface area (Å²) in [6.07, 6.45) is 4.17. The molecule has 20 heavy (non-hydrogen) atoms. The molecule has 0 radical (unpaired) electrons. The van der Waals surface area contributed by atoms with E-state index in [0.717, 1.165) is 30.7 Å². The lowest BCUT2D eigenvalue weighted by Gasteiger charge is -2.27. The standard InChI is InChI=1S/C16H21N3O/c1-11(2)16(20)18-9-5-7-13(18)14-6-4-8-15-17-12(3)10-19(14)15/h4,6,8,10-11,13H,5,7,9H2,1-3H3/t13-/m1/s1. The van der Waals surface area contributed by atoms with E-state index in [1.165, 1.54) is 5.69 Å². The largest absolute Gasteiger partial charge is 0.334 e. The molecule has 1 atom stereocenters. The van der Waals surface area contributed by atoms with E-state index in [9.17, 15) is 4.79 Å². The molecule has 4 heteroatoms. The van der Waals surface area contributed by atoms with Crippen LogP contribution >= 0.6 is 0 Å². The van der Waals surface area contributed by atoms with Gasteiger partial charge in [-0.1, -0.05) is 19.9 Å². The van der Waals surface area contributed by atoms with Crippen LogP contribution in [0.15, 0.2) is 24.4 Å². The average Bonchev–Trinajstić information content (AvgIpc) is 3.01. The van der Waals surface area contributed by atoms with Crippen molar-refractivity contribution in [2.45, 2.75) is 39.7 Å². The maximum absolute atomic E-state index is 12.4. The molecule has 3 rings (SSSR count). The molecule has 0 aliphatic carbocycles. The molecule has 3 heterocycles. The number of fused-ring (bicyclic) bond motifs is 1. The van der Waals surface area contributed by atoms with Gasteiger partial charge in [0, 0.05) is 24.4 Å². The topological polar surface area (TPSA) is 37.6 Å². The van der Waals surface area contributed by atoms with Crippen molar-refractivity contribution in [3.8, 4) is 0 Å². The quantitative estimate of drug-likeness (QED) is 0.842. The van der Waals surface area contributed by atoms with Crippen LogP contribution in [0.2, 0.25) is 0 Å². The molecule has 1 aliphatic heterocycles. The first-order valence-corrected chi connectivity index (χ1v) is 7.33. The van der Waals surface area contributed by atoms with Gasteiger partial charge in [-0.2, -0.15) is 0 Å². The normalized spacial score (nSPS) is 19.2. The van der Waals surface area contributed by atoms with E-state index in [2.05, 4.69) is 21.6 Å². The van der Waals surface area contributed by atoms with E-state index < -0.39 is 0 Å². The Morgan fingerprint density at radius 2 is 2.20 bits per heavy atom. The molecule has 1 amide bonds. The molecule has 4 nitrogen and oxygen atoms in total. The van der Waals surface area contributed by atoms with Gasteiger partial charge in [-0.15, -0.1) is 0 Å². The number of pyridine rings is 1. The van der Waals surface area contributed by atoms with Crippen LogP contribution in [-0.2, 0) is 4.79 Å². The average molecular weight is 271 g/mol. The molecule has 1 fully saturated rings. The first-order chi connectivity index (χ1) is 9.58. The number of rotatable bonds is 2. The van der Waals surface area contributed by atoms with Gasteiger partial charge in [0.1, 0.15) is 5.65 Å². The Morgan fingerprint density at radius 1 is 1.40 bits per heavy atom. The van der Waals surface area contributed by atoms with Crippen LogP contribution in [0.25, 0.3) is 5.65 Å². The third-order valence-corrected chi connectivity index (χ3v) is 4.02. The Hall–Kier alpha value is -1.84. The van der Waals surface area contributed by atoms with Crippen molar-refractivity contribution in [1.82, 2.24) is 14.3 Å².